The molecule has 146 valence electrons. The van der Waals surface area contributed by atoms with Gasteiger partial charge in [-0.15, -0.1) is 0 Å². The summed E-state index contributed by atoms with van der Waals surface area (Å²) in [5.41, 5.74) is 6.79. The van der Waals surface area contributed by atoms with Crippen LogP contribution in [0.25, 0.3) is 10.8 Å². The Morgan fingerprint density at radius 2 is 1.96 bits per heavy atom. The van der Waals surface area contributed by atoms with Crippen LogP contribution >= 0.6 is 0 Å². The lowest BCUT2D eigenvalue weighted by molar-refractivity contribution is -0.121. The minimum atomic E-state index is -0.474. The van der Waals surface area contributed by atoms with E-state index in [0.717, 1.165) is 35.6 Å². The molecule has 0 saturated heterocycles. The summed E-state index contributed by atoms with van der Waals surface area (Å²) in [7, 11) is 0. The highest BCUT2D eigenvalue weighted by Crippen LogP contribution is 2.37. The van der Waals surface area contributed by atoms with E-state index in [0.29, 0.717) is 18.1 Å². The van der Waals surface area contributed by atoms with Crippen LogP contribution in [0.15, 0.2) is 47.0 Å². The number of amides is 1. The molecule has 1 aliphatic rings. The standard InChI is InChI=1S/C22H26N4O2/c1-14(2)19(20-25-21(26-28-20)22(23)10-5-11-22)24-18(27)13-15-8-9-16-6-3-4-7-17(16)12-15/h3-4,6-9,12,14,19H,5,10-11,13,23H2,1-2H3,(H,24,27). The number of fused-ring (bicyclic) bond motifs is 1. The summed E-state index contributed by atoms with van der Waals surface area (Å²) in [5.74, 6) is 1.01. The summed E-state index contributed by atoms with van der Waals surface area (Å²) in [5, 5.41) is 9.42. The third-order valence-electron chi connectivity index (χ3n) is 5.56. The first kappa shape index (κ1) is 18.6. The van der Waals surface area contributed by atoms with Crippen molar-refractivity contribution >= 4 is 16.7 Å². The van der Waals surface area contributed by atoms with Gasteiger partial charge in [0.25, 0.3) is 0 Å². The van der Waals surface area contributed by atoms with Crippen LogP contribution in [0.5, 0.6) is 0 Å². The lowest BCUT2D eigenvalue weighted by Crippen LogP contribution is -2.44. The Morgan fingerprint density at radius 1 is 1.21 bits per heavy atom. The highest BCUT2D eigenvalue weighted by atomic mass is 16.5. The number of aromatic nitrogens is 2. The van der Waals surface area contributed by atoms with Crippen molar-refractivity contribution in [3.63, 3.8) is 0 Å². The summed E-state index contributed by atoms with van der Waals surface area (Å²) in [6.07, 6.45) is 3.12. The van der Waals surface area contributed by atoms with Crippen LogP contribution in [-0.2, 0) is 16.8 Å². The zero-order valence-electron chi connectivity index (χ0n) is 16.3. The summed E-state index contributed by atoms with van der Waals surface area (Å²) in [6, 6.07) is 13.9. The summed E-state index contributed by atoms with van der Waals surface area (Å²) in [4.78, 5) is 17.2. The topological polar surface area (TPSA) is 94.0 Å². The van der Waals surface area contributed by atoms with Crippen LogP contribution in [0.4, 0.5) is 0 Å². The first-order chi connectivity index (χ1) is 13.4. The Kier molecular flexibility index (Phi) is 4.89. The first-order valence-corrected chi connectivity index (χ1v) is 9.85. The second kappa shape index (κ2) is 7.36. The van der Waals surface area contributed by atoms with E-state index in [1.54, 1.807) is 0 Å². The van der Waals surface area contributed by atoms with Gasteiger partial charge in [-0.2, -0.15) is 4.98 Å². The van der Waals surface area contributed by atoms with E-state index in [4.69, 9.17) is 10.3 Å². The van der Waals surface area contributed by atoms with Crippen LogP contribution in [0.1, 0.15) is 56.4 Å². The second-order valence-corrected chi connectivity index (χ2v) is 8.11. The van der Waals surface area contributed by atoms with Crippen LogP contribution < -0.4 is 11.1 Å². The molecule has 28 heavy (non-hydrogen) atoms. The molecular weight excluding hydrogens is 352 g/mol. The van der Waals surface area contributed by atoms with Crippen molar-refractivity contribution in [3.05, 3.63) is 59.7 Å². The van der Waals surface area contributed by atoms with Crippen molar-refractivity contribution in [2.45, 2.75) is 51.1 Å². The first-order valence-electron chi connectivity index (χ1n) is 9.85. The molecule has 0 aliphatic heterocycles. The van der Waals surface area contributed by atoms with E-state index in [9.17, 15) is 4.79 Å². The lowest BCUT2D eigenvalue weighted by Gasteiger charge is -2.34. The monoisotopic (exact) mass is 378 g/mol. The zero-order valence-corrected chi connectivity index (χ0v) is 16.3. The second-order valence-electron chi connectivity index (χ2n) is 8.11. The highest BCUT2D eigenvalue weighted by Gasteiger charge is 2.39. The van der Waals surface area contributed by atoms with Crippen molar-refractivity contribution in [3.8, 4) is 0 Å². The number of nitrogens with two attached hydrogens (primary N) is 1. The average Bonchev–Trinajstić information content (AvgIpc) is 3.14. The third kappa shape index (κ3) is 3.64. The van der Waals surface area contributed by atoms with Crippen molar-refractivity contribution in [2.24, 2.45) is 11.7 Å². The minimum Gasteiger partial charge on any atom is -0.344 e. The Bertz CT molecular complexity index is 991. The molecule has 3 aromatic rings. The van der Waals surface area contributed by atoms with E-state index in [1.807, 2.05) is 38.1 Å². The molecule has 1 saturated carbocycles. The molecule has 6 nitrogen and oxygen atoms in total. The molecule has 1 aromatic heterocycles. The molecule has 0 spiro atoms. The SMILES string of the molecule is CC(C)C(NC(=O)Cc1ccc2ccccc2c1)c1nc(C2(N)CCC2)no1. The molecule has 0 bridgehead atoms. The quantitative estimate of drug-likeness (QED) is 0.683. The van der Waals surface area contributed by atoms with E-state index in [2.05, 4.69) is 33.7 Å². The van der Waals surface area contributed by atoms with E-state index in [-0.39, 0.29) is 17.9 Å². The van der Waals surface area contributed by atoms with Crippen molar-refractivity contribution in [1.29, 1.82) is 0 Å². The molecule has 1 amide bonds. The molecule has 0 radical (unpaired) electrons. The molecule has 1 unspecified atom stereocenters. The molecule has 3 N–H and O–H groups in total. The third-order valence-corrected chi connectivity index (χ3v) is 5.56. The number of hydrogen-bond donors (Lipinski definition) is 2. The van der Waals surface area contributed by atoms with E-state index >= 15 is 0 Å². The maximum Gasteiger partial charge on any atom is 0.249 e. The van der Waals surface area contributed by atoms with Crippen LogP contribution in [0.3, 0.4) is 0 Å². The largest absolute Gasteiger partial charge is 0.344 e. The summed E-state index contributed by atoms with van der Waals surface area (Å²) in [6.45, 7) is 4.04. The van der Waals surface area contributed by atoms with Crippen molar-refractivity contribution in [2.75, 3.05) is 0 Å². The van der Waals surface area contributed by atoms with Gasteiger partial charge in [0.2, 0.25) is 11.8 Å². The Hall–Kier alpha value is -2.73. The Labute approximate surface area is 164 Å². The Balaban J connectivity index is 1.47. The fraction of sp³-hybridized carbons (Fsp3) is 0.409. The van der Waals surface area contributed by atoms with Crippen molar-refractivity contribution in [1.82, 2.24) is 15.5 Å². The highest BCUT2D eigenvalue weighted by molar-refractivity contribution is 5.85. The van der Waals surface area contributed by atoms with Gasteiger partial charge in [-0.25, -0.2) is 0 Å². The molecule has 1 atom stereocenters. The normalized spacial score (nSPS) is 16.7. The fourth-order valence-corrected chi connectivity index (χ4v) is 3.62. The number of rotatable bonds is 6. The van der Waals surface area contributed by atoms with Gasteiger partial charge in [-0.3, -0.25) is 4.79 Å². The number of carbonyl (C=O) groups excluding carboxylic acids is 1. The predicted octanol–water partition coefficient (Wildman–Crippen LogP) is 3.62. The molecule has 4 rings (SSSR count). The van der Waals surface area contributed by atoms with Gasteiger partial charge in [0.1, 0.15) is 6.04 Å². The Morgan fingerprint density at radius 3 is 2.64 bits per heavy atom. The minimum absolute atomic E-state index is 0.0696. The number of nitrogens with zero attached hydrogens (tertiary/aromatic N) is 2. The van der Waals surface area contributed by atoms with Gasteiger partial charge in [-0.1, -0.05) is 61.5 Å². The van der Waals surface area contributed by atoms with Gasteiger partial charge in [0.05, 0.1) is 12.0 Å². The maximum atomic E-state index is 12.7. The van der Waals surface area contributed by atoms with Gasteiger partial charge in [0.15, 0.2) is 5.82 Å². The molecule has 1 aliphatic carbocycles. The molecule has 6 heteroatoms. The number of benzene rings is 2. The van der Waals surface area contributed by atoms with Crippen molar-refractivity contribution < 1.29 is 9.32 Å². The molecule has 1 heterocycles. The average molecular weight is 378 g/mol. The predicted molar refractivity (Wildman–Crippen MR) is 107 cm³/mol. The smallest absolute Gasteiger partial charge is 0.249 e. The number of hydrogen-bond acceptors (Lipinski definition) is 5. The fourth-order valence-electron chi connectivity index (χ4n) is 3.62. The summed E-state index contributed by atoms with van der Waals surface area (Å²) >= 11 is 0. The van der Waals surface area contributed by atoms with Gasteiger partial charge < -0.3 is 15.6 Å². The molecule has 1 fully saturated rings. The number of carbonyl (C=O) groups is 1. The van der Waals surface area contributed by atoms with Crippen LogP contribution in [-0.4, -0.2) is 16.0 Å². The maximum absolute atomic E-state index is 12.7. The van der Waals surface area contributed by atoms with E-state index < -0.39 is 5.54 Å². The zero-order chi connectivity index (χ0) is 19.7. The van der Waals surface area contributed by atoms with Crippen LogP contribution in [0.2, 0.25) is 0 Å². The number of nitrogens with one attached hydrogen (secondary N) is 1. The van der Waals surface area contributed by atoms with Gasteiger partial charge in [0, 0.05) is 0 Å². The van der Waals surface area contributed by atoms with E-state index in [1.165, 1.54) is 0 Å². The van der Waals surface area contributed by atoms with Gasteiger partial charge in [-0.05, 0) is 41.5 Å². The molecule has 2 aromatic carbocycles. The molecular formula is C22H26N4O2. The van der Waals surface area contributed by atoms with Gasteiger partial charge >= 0.3 is 0 Å². The lowest BCUT2D eigenvalue weighted by atomic mass is 9.77. The van der Waals surface area contributed by atoms with Crippen LogP contribution in [0, 0.1) is 5.92 Å². The summed E-state index contributed by atoms with van der Waals surface area (Å²) < 4.78 is 5.46.